The Kier molecular flexibility index (Phi) is 6.55. The smallest absolute Gasteiger partial charge is 0.250 e. The zero-order valence-electron chi connectivity index (χ0n) is 14.4. The molecule has 0 unspecified atom stereocenters. The van der Waals surface area contributed by atoms with Crippen LogP contribution in [-0.4, -0.2) is 53.3 Å². The van der Waals surface area contributed by atoms with E-state index in [2.05, 4.69) is 9.62 Å². The lowest BCUT2D eigenvalue weighted by Crippen LogP contribution is -2.43. The largest absolute Gasteiger partial charge is 0.497 e. The summed E-state index contributed by atoms with van der Waals surface area (Å²) in [5, 5.41) is 0. The van der Waals surface area contributed by atoms with Crippen LogP contribution in [0, 0.1) is 0 Å². The number of hydrogen-bond donors (Lipinski definition) is 1. The number of methoxy groups -OCH3 is 1. The quantitative estimate of drug-likeness (QED) is 0.751. The van der Waals surface area contributed by atoms with Gasteiger partial charge >= 0.3 is 0 Å². The fourth-order valence-electron chi connectivity index (χ4n) is 2.90. The molecule has 26 heavy (non-hydrogen) atoms. The minimum absolute atomic E-state index is 0.112. The van der Waals surface area contributed by atoms with Gasteiger partial charge in [-0.25, -0.2) is 13.1 Å². The highest BCUT2D eigenvalue weighted by Gasteiger charge is 2.26. The van der Waals surface area contributed by atoms with Crippen LogP contribution in [0.2, 0.25) is 4.34 Å². The fraction of sp³-hybridized carbons (Fsp3) is 0.412. The number of ether oxygens (including phenoxy) is 2. The van der Waals surface area contributed by atoms with Gasteiger partial charge in [-0.15, -0.1) is 11.3 Å². The molecule has 1 atom stereocenters. The van der Waals surface area contributed by atoms with Crippen molar-refractivity contribution < 1.29 is 17.9 Å². The van der Waals surface area contributed by atoms with Gasteiger partial charge in [0.25, 0.3) is 0 Å². The maximum Gasteiger partial charge on any atom is 0.250 e. The number of hydrogen-bond acceptors (Lipinski definition) is 6. The van der Waals surface area contributed by atoms with Crippen molar-refractivity contribution in [1.29, 1.82) is 0 Å². The molecular formula is C17H21ClN2O4S2. The van der Waals surface area contributed by atoms with E-state index < -0.39 is 10.0 Å². The summed E-state index contributed by atoms with van der Waals surface area (Å²) in [6, 6.07) is 10.7. The van der Waals surface area contributed by atoms with Crippen LogP contribution in [0.15, 0.2) is 40.6 Å². The third-order valence-corrected chi connectivity index (χ3v) is 7.39. The topological polar surface area (TPSA) is 67.9 Å². The van der Waals surface area contributed by atoms with Gasteiger partial charge in [0.2, 0.25) is 10.0 Å². The van der Waals surface area contributed by atoms with Crippen LogP contribution < -0.4 is 9.46 Å². The molecular weight excluding hydrogens is 396 g/mol. The Balaban J connectivity index is 1.81. The van der Waals surface area contributed by atoms with Crippen molar-refractivity contribution in [2.75, 3.05) is 40.0 Å². The minimum Gasteiger partial charge on any atom is -0.497 e. The van der Waals surface area contributed by atoms with E-state index in [1.165, 1.54) is 6.07 Å². The Hall–Kier alpha value is -1.16. The Morgan fingerprint density at radius 2 is 2.08 bits per heavy atom. The molecule has 9 heteroatoms. The number of benzene rings is 1. The van der Waals surface area contributed by atoms with E-state index in [1.54, 1.807) is 13.2 Å². The van der Waals surface area contributed by atoms with Crippen LogP contribution in [0.25, 0.3) is 0 Å². The molecule has 1 N–H and O–H groups in total. The summed E-state index contributed by atoms with van der Waals surface area (Å²) < 4.78 is 39.3. The van der Waals surface area contributed by atoms with E-state index in [0.717, 1.165) is 35.7 Å². The molecule has 0 bridgehead atoms. The molecule has 0 saturated carbocycles. The van der Waals surface area contributed by atoms with Gasteiger partial charge in [0.1, 0.15) is 9.96 Å². The first-order valence-corrected chi connectivity index (χ1v) is 10.9. The monoisotopic (exact) mass is 416 g/mol. The first kappa shape index (κ1) is 19.6. The van der Waals surface area contributed by atoms with Gasteiger partial charge in [-0.3, -0.25) is 4.90 Å². The molecule has 0 aliphatic carbocycles. The van der Waals surface area contributed by atoms with Gasteiger partial charge in [-0.2, -0.15) is 0 Å². The Morgan fingerprint density at radius 3 is 2.73 bits per heavy atom. The van der Waals surface area contributed by atoms with Gasteiger partial charge in [0.15, 0.2) is 0 Å². The summed E-state index contributed by atoms with van der Waals surface area (Å²) in [5.41, 5.74) is 0.998. The Morgan fingerprint density at radius 1 is 1.31 bits per heavy atom. The van der Waals surface area contributed by atoms with Crippen molar-refractivity contribution >= 4 is 33.0 Å². The second-order valence-electron chi connectivity index (χ2n) is 5.85. The van der Waals surface area contributed by atoms with Crippen LogP contribution in [0.1, 0.15) is 11.6 Å². The summed E-state index contributed by atoms with van der Waals surface area (Å²) >= 11 is 6.92. The number of nitrogens with zero attached hydrogens (tertiary/aromatic N) is 1. The molecule has 6 nitrogen and oxygen atoms in total. The lowest BCUT2D eigenvalue weighted by atomic mass is 10.0. The van der Waals surface area contributed by atoms with Crippen molar-refractivity contribution in [3.63, 3.8) is 0 Å². The SMILES string of the molecule is COc1cccc([C@H](CNS(=O)(=O)c2ccc(Cl)s2)N2CCOCC2)c1. The maximum atomic E-state index is 12.6. The van der Waals surface area contributed by atoms with E-state index in [9.17, 15) is 8.42 Å². The van der Waals surface area contributed by atoms with Crippen molar-refractivity contribution in [3.8, 4) is 5.75 Å². The number of morpholine rings is 1. The first-order valence-electron chi connectivity index (χ1n) is 8.20. The van der Waals surface area contributed by atoms with E-state index in [-0.39, 0.29) is 16.8 Å². The van der Waals surface area contributed by atoms with Crippen molar-refractivity contribution in [2.24, 2.45) is 0 Å². The summed E-state index contributed by atoms with van der Waals surface area (Å²) in [4.78, 5) is 2.22. The molecule has 1 aromatic carbocycles. The third kappa shape index (κ3) is 4.76. The van der Waals surface area contributed by atoms with Crippen LogP contribution in [0.3, 0.4) is 0 Å². The van der Waals surface area contributed by atoms with Gasteiger partial charge < -0.3 is 9.47 Å². The van der Waals surface area contributed by atoms with E-state index in [0.29, 0.717) is 17.6 Å². The standard InChI is InChI=1S/C17H21ClN2O4S2/c1-23-14-4-2-3-13(11-14)15(20-7-9-24-10-8-20)12-19-26(21,22)17-6-5-16(18)25-17/h2-6,11,15,19H,7-10,12H2,1H3/t15-/m0/s1. The number of nitrogens with one attached hydrogen (secondary N) is 1. The predicted molar refractivity (Wildman–Crippen MR) is 103 cm³/mol. The average Bonchev–Trinajstić information content (AvgIpc) is 3.10. The molecule has 1 fully saturated rings. The molecule has 2 aromatic rings. The van der Waals surface area contributed by atoms with Crippen LogP contribution in [0.4, 0.5) is 0 Å². The maximum absolute atomic E-state index is 12.6. The normalized spacial score (nSPS) is 17.2. The van der Waals surface area contributed by atoms with Crippen LogP contribution >= 0.6 is 22.9 Å². The Labute approximate surface area is 162 Å². The Bertz CT molecular complexity index is 835. The molecule has 1 saturated heterocycles. The van der Waals surface area contributed by atoms with Crippen molar-refractivity contribution in [3.05, 3.63) is 46.3 Å². The van der Waals surface area contributed by atoms with E-state index in [1.807, 2.05) is 24.3 Å². The van der Waals surface area contributed by atoms with Gasteiger partial charge in [0.05, 0.1) is 24.7 Å². The molecule has 3 rings (SSSR count). The second kappa shape index (κ2) is 8.69. The first-order chi connectivity index (χ1) is 12.5. The van der Waals surface area contributed by atoms with Crippen LogP contribution in [0.5, 0.6) is 5.75 Å². The summed E-state index contributed by atoms with van der Waals surface area (Å²) in [5.74, 6) is 0.744. The van der Waals surface area contributed by atoms with Gasteiger partial charge in [-0.1, -0.05) is 23.7 Å². The highest BCUT2D eigenvalue weighted by Crippen LogP contribution is 2.28. The van der Waals surface area contributed by atoms with Crippen LogP contribution in [-0.2, 0) is 14.8 Å². The molecule has 1 aliphatic rings. The van der Waals surface area contributed by atoms with E-state index in [4.69, 9.17) is 21.1 Å². The summed E-state index contributed by atoms with van der Waals surface area (Å²) in [7, 11) is -1.98. The predicted octanol–water partition coefficient (Wildman–Crippen LogP) is 2.76. The molecule has 0 amide bonds. The van der Waals surface area contributed by atoms with Gasteiger partial charge in [-0.05, 0) is 29.8 Å². The number of sulfonamides is 1. The zero-order chi connectivity index (χ0) is 18.6. The lowest BCUT2D eigenvalue weighted by molar-refractivity contribution is 0.0171. The van der Waals surface area contributed by atoms with Crippen molar-refractivity contribution in [1.82, 2.24) is 9.62 Å². The highest BCUT2D eigenvalue weighted by atomic mass is 35.5. The fourth-order valence-corrected chi connectivity index (χ4v) is 5.46. The number of thiophene rings is 1. The van der Waals surface area contributed by atoms with Gasteiger partial charge in [0, 0.05) is 25.7 Å². The molecule has 2 heterocycles. The lowest BCUT2D eigenvalue weighted by Gasteiger charge is -2.35. The van der Waals surface area contributed by atoms with E-state index >= 15 is 0 Å². The number of halogens is 1. The van der Waals surface area contributed by atoms with Crippen molar-refractivity contribution in [2.45, 2.75) is 10.3 Å². The molecule has 1 aromatic heterocycles. The highest BCUT2D eigenvalue weighted by molar-refractivity contribution is 7.91. The molecule has 0 radical (unpaired) electrons. The number of rotatable bonds is 7. The summed E-state index contributed by atoms with van der Waals surface area (Å²) in [6.45, 7) is 3.01. The molecule has 142 valence electrons. The second-order valence-corrected chi connectivity index (χ2v) is 9.56. The minimum atomic E-state index is -3.60. The summed E-state index contributed by atoms with van der Waals surface area (Å²) in [6.07, 6.45) is 0. The molecule has 0 spiro atoms. The average molecular weight is 417 g/mol. The zero-order valence-corrected chi connectivity index (χ0v) is 16.7. The molecule has 1 aliphatic heterocycles. The third-order valence-electron chi connectivity index (χ3n) is 4.25.